The second-order valence-electron chi connectivity index (χ2n) is 5.88. The standard InChI is InChI=1S/C20H14ClNO4/c1-12-8-20(23)25-19-10-15(6-7-17(12)19)24-11-16-9-18(22-26-16)13-2-4-14(21)5-3-13/h2-10H,11H2,1H3. The largest absolute Gasteiger partial charge is 0.485 e. The van der Waals surface area contributed by atoms with Crippen molar-refractivity contribution in [3.05, 3.63) is 81.4 Å². The minimum Gasteiger partial charge on any atom is -0.485 e. The molecular formula is C20H14ClNO4. The van der Waals surface area contributed by atoms with Crippen molar-refractivity contribution >= 4 is 22.6 Å². The Morgan fingerprint density at radius 2 is 1.88 bits per heavy atom. The third kappa shape index (κ3) is 3.34. The second kappa shape index (κ2) is 6.69. The van der Waals surface area contributed by atoms with E-state index in [0.717, 1.165) is 16.5 Å². The van der Waals surface area contributed by atoms with Crippen LogP contribution in [0, 0.1) is 6.92 Å². The molecule has 130 valence electrons. The van der Waals surface area contributed by atoms with E-state index < -0.39 is 0 Å². The van der Waals surface area contributed by atoms with Crippen LogP contribution in [0.4, 0.5) is 0 Å². The summed E-state index contributed by atoms with van der Waals surface area (Å²) in [4.78, 5) is 11.5. The average molecular weight is 368 g/mol. The van der Waals surface area contributed by atoms with E-state index >= 15 is 0 Å². The fourth-order valence-corrected chi connectivity index (χ4v) is 2.81. The molecule has 4 aromatic rings. The van der Waals surface area contributed by atoms with E-state index in [-0.39, 0.29) is 12.2 Å². The van der Waals surface area contributed by atoms with Gasteiger partial charge >= 0.3 is 5.63 Å². The van der Waals surface area contributed by atoms with Gasteiger partial charge in [0.15, 0.2) is 5.76 Å². The molecule has 0 aliphatic rings. The molecule has 0 aliphatic heterocycles. The summed E-state index contributed by atoms with van der Waals surface area (Å²) >= 11 is 5.89. The lowest BCUT2D eigenvalue weighted by Gasteiger charge is -2.05. The van der Waals surface area contributed by atoms with Gasteiger partial charge in [-0.2, -0.15) is 0 Å². The summed E-state index contributed by atoms with van der Waals surface area (Å²) in [5.41, 5.74) is 2.60. The molecule has 0 aliphatic carbocycles. The fourth-order valence-electron chi connectivity index (χ4n) is 2.69. The Bertz CT molecular complexity index is 1130. The van der Waals surface area contributed by atoms with Crippen LogP contribution in [0.25, 0.3) is 22.2 Å². The molecule has 0 fully saturated rings. The molecular weight excluding hydrogens is 354 g/mol. The monoisotopic (exact) mass is 367 g/mol. The first kappa shape index (κ1) is 16.4. The van der Waals surface area contributed by atoms with Gasteiger partial charge in [0, 0.05) is 34.2 Å². The summed E-state index contributed by atoms with van der Waals surface area (Å²) in [6, 6.07) is 16.0. The smallest absolute Gasteiger partial charge is 0.336 e. The third-order valence-electron chi connectivity index (χ3n) is 4.00. The normalized spacial score (nSPS) is 11.0. The van der Waals surface area contributed by atoms with Crippen molar-refractivity contribution in [1.29, 1.82) is 0 Å². The Balaban J connectivity index is 1.51. The summed E-state index contributed by atoms with van der Waals surface area (Å²) in [6.07, 6.45) is 0. The van der Waals surface area contributed by atoms with Crippen LogP contribution in [0.2, 0.25) is 5.02 Å². The minimum absolute atomic E-state index is 0.210. The molecule has 2 aromatic carbocycles. The maximum atomic E-state index is 11.5. The predicted octanol–water partition coefficient (Wildman–Crippen LogP) is 4.99. The molecule has 2 heterocycles. The first-order chi connectivity index (χ1) is 12.6. The first-order valence-electron chi connectivity index (χ1n) is 7.97. The van der Waals surface area contributed by atoms with Gasteiger partial charge in [0.05, 0.1) is 0 Å². The quantitative estimate of drug-likeness (QED) is 0.475. The van der Waals surface area contributed by atoms with E-state index in [1.165, 1.54) is 6.07 Å². The Hall–Kier alpha value is -3.05. The number of hydrogen-bond donors (Lipinski definition) is 0. The van der Waals surface area contributed by atoms with Crippen molar-refractivity contribution in [3.63, 3.8) is 0 Å². The maximum Gasteiger partial charge on any atom is 0.336 e. The zero-order valence-electron chi connectivity index (χ0n) is 13.9. The highest BCUT2D eigenvalue weighted by Crippen LogP contribution is 2.24. The number of nitrogens with zero attached hydrogens (tertiary/aromatic N) is 1. The number of aromatic nitrogens is 1. The van der Waals surface area contributed by atoms with Crippen molar-refractivity contribution in [2.45, 2.75) is 13.5 Å². The zero-order chi connectivity index (χ0) is 18.1. The SMILES string of the molecule is Cc1cc(=O)oc2cc(OCc3cc(-c4ccc(Cl)cc4)no3)ccc12. The van der Waals surface area contributed by atoms with Crippen LogP contribution in [0.15, 0.2) is 68.3 Å². The summed E-state index contributed by atoms with van der Waals surface area (Å²) in [7, 11) is 0. The second-order valence-corrected chi connectivity index (χ2v) is 6.32. The van der Waals surface area contributed by atoms with Crippen LogP contribution < -0.4 is 10.4 Å². The maximum absolute atomic E-state index is 11.5. The zero-order valence-corrected chi connectivity index (χ0v) is 14.6. The Morgan fingerprint density at radius 1 is 1.08 bits per heavy atom. The molecule has 0 radical (unpaired) electrons. The third-order valence-corrected chi connectivity index (χ3v) is 4.25. The summed E-state index contributed by atoms with van der Waals surface area (Å²) in [6.45, 7) is 2.08. The lowest BCUT2D eigenvalue weighted by atomic mass is 10.1. The van der Waals surface area contributed by atoms with Crippen molar-refractivity contribution in [1.82, 2.24) is 5.16 Å². The van der Waals surface area contributed by atoms with Crippen LogP contribution in [-0.2, 0) is 6.61 Å². The molecule has 2 aromatic heterocycles. The number of halogens is 1. The van der Waals surface area contributed by atoms with E-state index in [4.69, 9.17) is 25.3 Å². The number of ether oxygens (including phenoxy) is 1. The Kier molecular flexibility index (Phi) is 4.22. The number of aryl methyl sites for hydroxylation is 1. The van der Waals surface area contributed by atoms with Crippen molar-refractivity contribution in [2.75, 3.05) is 0 Å². The highest BCUT2D eigenvalue weighted by molar-refractivity contribution is 6.30. The molecule has 0 saturated heterocycles. The molecule has 0 N–H and O–H groups in total. The van der Waals surface area contributed by atoms with Gasteiger partial charge in [-0.25, -0.2) is 4.79 Å². The van der Waals surface area contributed by atoms with Crippen LogP contribution in [0.5, 0.6) is 5.75 Å². The number of hydrogen-bond acceptors (Lipinski definition) is 5. The van der Waals surface area contributed by atoms with Crippen LogP contribution in [0.3, 0.4) is 0 Å². The van der Waals surface area contributed by atoms with Gasteiger partial charge in [0.2, 0.25) is 0 Å². The van der Waals surface area contributed by atoms with Crippen molar-refractivity contribution in [3.8, 4) is 17.0 Å². The lowest BCUT2D eigenvalue weighted by molar-refractivity contribution is 0.249. The molecule has 0 atom stereocenters. The Labute approximate surface area is 153 Å². The van der Waals surface area contributed by atoms with Gasteiger partial charge in [-0.3, -0.25) is 0 Å². The predicted molar refractivity (Wildman–Crippen MR) is 98.5 cm³/mol. The summed E-state index contributed by atoms with van der Waals surface area (Å²) in [5, 5.41) is 5.59. The van der Waals surface area contributed by atoms with Crippen LogP contribution in [-0.4, -0.2) is 5.16 Å². The topological polar surface area (TPSA) is 65.5 Å². The number of benzene rings is 2. The van der Waals surface area contributed by atoms with Gasteiger partial charge in [-0.15, -0.1) is 0 Å². The molecule has 4 rings (SSSR count). The van der Waals surface area contributed by atoms with E-state index in [1.807, 2.05) is 37.3 Å². The van der Waals surface area contributed by atoms with E-state index in [9.17, 15) is 4.79 Å². The number of fused-ring (bicyclic) bond motifs is 1. The molecule has 0 bridgehead atoms. The summed E-state index contributed by atoms with van der Waals surface area (Å²) < 4.78 is 16.3. The molecule has 26 heavy (non-hydrogen) atoms. The van der Waals surface area contributed by atoms with Crippen LogP contribution >= 0.6 is 11.6 Å². The molecule has 0 saturated carbocycles. The number of rotatable bonds is 4. The van der Waals surface area contributed by atoms with Gasteiger partial charge in [-0.1, -0.05) is 28.9 Å². The van der Waals surface area contributed by atoms with E-state index in [0.29, 0.717) is 27.8 Å². The van der Waals surface area contributed by atoms with Crippen molar-refractivity contribution in [2.24, 2.45) is 0 Å². The molecule has 0 amide bonds. The summed E-state index contributed by atoms with van der Waals surface area (Å²) in [5.74, 6) is 1.16. The van der Waals surface area contributed by atoms with Gasteiger partial charge in [0.1, 0.15) is 23.6 Å². The molecule has 0 unspecified atom stereocenters. The van der Waals surface area contributed by atoms with Gasteiger partial charge < -0.3 is 13.7 Å². The minimum atomic E-state index is -0.380. The molecule has 5 nitrogen and oxygen atoms in total. The lowest BCUT2D eigenvalue weighted by Crippen LogP contribution is -1.98. The van der Waals surface area contributed by atoms with Crippen LogP contribution in [0.1, 0.15) is 11.3 Å². The molecule has 0 spiro atoms. The fraction of sp³-hybridized carbons (Fsp3) is 0.100. The highest BCUT2D eigenvalue weighted by atomic mass is 35.5. The van der Waals surface area contributed by atoms with E-state index in [1.54, 1.807) is 18.2 Å². The van der Waals surface area contributed by atoms with Gasteiger partial charge in [-0.05, 0) is 36.8 Å². The Morgan fingerprint density at radius 3 is 2.69 bits per heavy atom. The first-order valence-corrected chi connectivity index (χ1v) is 8.35. The highest BCUT2D eigenvalue weighted by Gasteiger charge is 2.09. The average Bonchev–Trinajstić information content (AvgIpc) is 3.09. The van der Waals surface area contributed by atoms with Crippen molar-refractivity contribution < 1.29 is 13.7 Å². The van der Waals surface area contributed by atoms with E-state index in [2.05, 4.69) is 5.16 Å². The molecule has 6 heteroatoms. The van der Waals surface area contributed by atoms with Gasteiger partial charge in [0.25, 0.3) is 0 Å².